The summed E-state index contributed by atoms with van der Waals surface area (Å²) in [6.07, 6.45) is 0. The second-order valence-corrected chi connectivity index (χ2v) is 13.8. The van der Waals surface area contributed by atoms with Crippen LogP contribution >= 0.6 is 11.3 Å². The van der Waals surface area contributed by atoms with Gasteiger partial charge in [0.15, 0.2) is 5.58 Å². The number of aromatic nitrogens is 1. The minimum atomic E-state index is 0.587. The van der Waals surface area contributed by atoms with Crippen LogP contribution in [0.1, 0.15) is 0 Å². The number of hydrogen-bond donors (Lipinski definition) is 0. The van der Waals surface area contributed by atoms with E-state index in [1.807, 2.05) is 41.7 Å². The van der Waals surface area contributed by atoms with Gasteiger partial charge in [0.05, 0.1) is 10.4 Å². The fraction of sp³-hybridized carbons (Fsp3) is 0. The van der Waals surface area contributed by atoms with Crippen LogP contribution in [0.3, 0.4) is 0 Å². The number of para-hydroxylation sites is 1. The predicted octanol–water partition coefficient (Wildman–Crippen LogP) is 13.5. The van der Waals surface area contributed by atoms with Crippen LogP contribution in [0, 0.1) is 0 Å². The normalized spacial score (nSPS) is 12.0. The Hall–Kier alpha value is -6.43. The molecule has 4 nitrogen and oxygen atoms in total. The fourth-order valence-electron chi connectivity index (χ4n) is 7.64. The maximum atomic E-state index is 6.61. The Kier molecular flexibility index (Phi) is 5.80. The van der Waals surface area contributed by atoms with Crippen molar-refractivity contribution in [2.24, 2.45) is 0 Å². The van der Waals surface area contributed by atoms with Crippen LogP contribution in [-0.4, -0.2) is 4.98 Å². The third-order valence-electron chi connectivity index (χ3n) is 9.87. The lowest BCUT2D eigenvalue weighted by Crippen LogP contribution is -2.09. The van der Waals surface area contributed by atoms with E-state index in [4.69, 9.17) is 13.8 Å². The number of fused-ring (bicyclic) bond motifs is 11. The van der Waals surface area contributed by atoms with Crippen molar-refractivity contribution in [3.05, 3.63) is 158 Å². The molecule has 0 saturated heterocycles. The zero-order valence-electron chi connectivity index (χ0n) is 26.6. The van der Waals surface area contributed by atoms with Gasteiger partial charge in [-0.25, -0.2) is 4.98 Å². The molecule has 0 aliphatic heterocycles. The van der Waals surface area contributed by atoms with Gasteiger partial charge in [0.2, 0.25) is 5.89 Å². The lowest BCUT2D eigenvalue weighted by molar-refractivity contribution is 0.623. The summed E-state index contributed by atoms with van der Waals surface area (Å²) < 4.78 is 15.6. The topological polar surface area (TPSA) is 42.4 Å². The third-order valence-corrected chi connectivity index (χ3v) is 11.1. The molecule has 0 atom stereocenters. The first-order valence-corrected chi connectivity index (χ1v) is 17.5. The van der Waals surface area contributed by atoms with E-state index in [-0.39, 0.29) is 0 Å². The van der Waals surface area contributed by atoms with Gasteiger partial charge in [-0.1, -0.05) is 97.1 Å². The Morgan fingerprint density at radius 3 is 2.16 bits per heavy atom. The van der Waals surface area contributed by atoms with E-state index in [9.17, 15) is 0 Å². The second kappa shape index (κ2) is 10.5. The molecule has 0 spiro atoms. The highest BCUT2D eigenvalue weighted by atomic mass is 32.1. The molecule has 234 valence electrons. The molecular weight excluding hydrogens is 633 g/mol. The first kappa shape index (κ1) is 27.5. The second-order valence-electron chi connectivity index (χ2n) is 12.7. The summed E-state index contributed by atoms with van der Waals surface area (Å²) in [5.41, 5.74) is 7.39. The molecule has 3 aromatic heterocycles. The average molecular weight is 659 g/mol. The first-order valence-electron chi connectivity index (χ1n) is 16.7. The van der Waals surface area contributed by atoms with Crippen molar-refractivity contribution in [1.82, 2.24) is 4.98 Å². The summed E-state index contributed by atoms with van der Waals surface area (Å²) in [5.74, 6) is 0.587. The standard InChI is InChI=1S/C45H26N2O2S/c1-2-12-29(13-3-1)47(37-18-8-16-34-42-31-14-6-4-10-27(31)21-25-40(42)50-44(34)37)30-22-23-33-39(26-30)48-38-19-9-17-35(41(33)38)45-46-36-24-20-28-11-5-7-15-32(28)43(36)49-45/h1-26H. The number of furan rings is 1. The minimum absolute atomic E-state index is 0.587. The fourth-order valence-corrected chi connectivity index (χ4v) is 8.86. The Morgan fingerprint density at radius 1 is 0.500 bits per heavy atom. The summed E-state index contributed by atoms with van der Waals surface area (Å²) in [6, 6.07) is 55.4. The van der Waals surface area contributed by atoms with Crippen LogP contribution in [0.5, 0.6) is 0 Å². The largest absolute Gasteiger partial charge is 0.456 e. The Morgan fingerprint density at radius 2 is 1.26 bits per heavy atom. The van der Waals surface area contributed by atoms with E-state index in [2.05, 4.69) is 132 Å². The number of thiophene rings is 1. The molecule has 0 saturated carbocycles. The molecule has 0 amide bonds. The highest BCUT2D eigenvalue weighted by molar-refractivity contribution is 7.26. The summed E-state index contributed by atoms with van der Waals surface area (Å²) in [4.78, 5) is 7.29. The molecule has 50 heavy (non-hydrogen) atoms. The summed E-state index contributed by atoms with van der Waals surface area (Å²) >= 11 is 1.85. The van der Waals surface area contributed by atoms with Gasteiger partial charge in [-0.2, -0.15) is 0 Å². The number of benzene rings is 8. The average Bonchev–Trinajstić information content (AvgIpc) is 3.89. The van der Waals surface area contributed by atoms with Crippen molar-refractivity contribution in [3.8, 4) is 11.5 Å². The Balaban J connectivity index is 1.11. The van der Waals surface area contributed by atoms with Crippen LogP contribution in [0.4, 0.5) is 17.1 Å². The van der Waals surface area contributed by atoms with E-state index < -0.39 is 0 Å². The number of nitrogens with zero attached hydrogens (tertiary/aromatic N) is 2. The van der Waals surface area contributed by atoms with Gasteiger partial charge >= 0.3 is 0 Å². The van der Waals surface area contributed by atoms with Gasteiger partial charge in [-0.3, -0.25) is 0 Å². The van der Waals surface area contributed by atoms with Crippen molar-refractivity contribution in [3.63, 3.8) is 0 Å². The van der Waals surface area contributed by atoms with Gasteiger partial charge in [-0.05, 0) is 70.8 Å². The van der Waals surface area contributed by atoms with E-state index in [1.54, 1.807) is 0 Å². The van der Waals surface area contributed by atoms with Gasteiger partial charge < -0.3 is 13.7 Å². The molecule has 11 rings (SSSR count). The van der Waals surface area contributed by atoms with Crippen molar-refractivity contribution >= 4 is 103 Å². The number of rotatable bonds is 4. The zero-order chi connectivity index (χ0) is 32.8. The lowest BCUT2D eigenvalue weighted by Gasteiger charge is -2.26. The molecule has 3 heterocycles. The van der Waals surface area contributed by atoms with Gasteiger partial charge in [0.1, 0.15) is 16.7 Å². The Labute approximate surface area is 290 Å². The molecule has 8 aromatic carbocycles. The van der Waals surface area contributed by atoms with Crippen molar-refractivity contribution in [2.75, 3.05) is 4.90 Å². The number of hydrogen-bond acceptors (Lipinski definition) is 5. The van der Waals surface area contributed by atoms with E-state index >= 15 is 0 Å². The molecule has 0 fully saturated rings. The maximum Gasteiger partial charge on any atom is 0.228 e. The molecular formula is C45H26N2O2S. The van der Waals surface area contributed by atoms with Crippen LogP contribution in [-0.2, 0) is 0 Å². The van der Waals surface area contributed by atoms with Crippen molar-refractivity contribution in [2.45, 2.75) is 0 Å². The zero-order valence-corrected chi connectivity index (χ0v) is 27.4. The molecule has 11 aromatic rings. The molecule has 0 N–H and O–H groups in total. The van der Waals surface area contributed by atoms with E-state index in [0.29, 0.717) is 5.89 Å². The minimum Gasteiger partial charge on any atom is -0.456 e. The van der Waals surface area contributed by atoms with Crippen LogP contribution < -0.4 is 4.90 Å². The SMILES string of the molecule is c1ccc(N(c2ccc3c(c2)oc2cccc(-c4nc5ccc6ccccc6c5o4)c23)c2cccc3c2sc2ccc4ccccc4c23)cc1. The molecule has 0 bridgehead atoms. The first-order chi connectivity index (χ1) is 24.8. The highest BCUT2D eigenvalue weighted by Gasteiger charge is 2.22. The van der Waals surface area contributed by atoms with E-state index in [1.165, 1.54) is 30.9 Å². The molecule has 0 aliphatic rings. The Bertz CT molecular complexity index is 3120. The summed E-state index contributed by atoms with van der Waals surface area (Å²) in [7, 11) is 0. The van der Waals surface area contributed by atoms with Gasteiger partial charge in [0.25, 0.3) is 0 Å². The predicted molar refractivity (Wildman–Crippen MR) is 209 cm³/mol. The van der Waals surface area contributed by atoms with Crippen molar-refractivity contribution in [1.29, 1.82) is 0 Å². The number of oxazole rings is 1. The quantitative estimate of drug-likeness (QED) is 0.189. The van der Waals surface area contributed by atoms with Gasteiger partial charge in [-0.15, -0.1) is 11.3 Å². The van der Waals surface area contributed by atoms with Gasteiger partial charge in [0, 0.05) is 54.6 Å². The third kappa shape index (κ3) is 4.01. The highest BCUT2D eigenvalue weighted by Crippen LogP contribution is 2.47. The monoisotopic (exact) mass is 658 g/mol. The molecule has 0 unspecified atom stereocenters. The maximum absolute atomic E-state index is 6.61. The summed E-state index contributed by atoms with van der Waals surface area (Å²) in [5, 5.41) is 9.31. The van der Waals surface area contributed by atoms with E-state index in [0.717, 1.165) is 66.4 Å². The van der Waals surface area contributed by atoms with Crippen molar-refractivity contribution < 1.29 is 8.83 Å². The lowest BCUT2D eigenvalue weighted by atomic mass is 10.0. The van der Waals surface area contributed by atoms with Crippen LogP contribution in [0.15, 0.2) is 167 Å². The summed E-state index contributed by atoms with van der Waals surface area (Å²) in [6.45, 7) is 0. The molecule has 0 aliphatic carbocycles. The van der Waals surface area contributed by atoms with Crippen LogP contribution in [0.25, 0.3) is 86.2 Å². The molecule has 5 heteroatoms. The number of anilines is 3. The van der Waals surface area contributed by atoms with Crippen LogP contribution in [0.2, 0.25) is 0 Å². The molecule has 0 radical (unpaired) electrons. The smallest absolute Gasteiger partial charge is 0.228 e.